The fraction of sp³-hybridized carbons (Fsp3) is 0.0667. The van der Waals surface area contributed by atoms with Crippen molar-refractivity contribution in [1.29, 1.82) is 0 Å². The van der Waals surface area contributed by atoms with Gasteiger partial charge in [-0.2, -0.15) is 0 Å². The van der Waals surface area contributed by atoms with Gasteiger partial charge in [-0.25, -0.2) is 10.0 Å². The Labute approximate surface area is 132 Å². The second kappa shape index (κ2) is 5.39. The van der Waals surface area contributed by atoms with E-state index in [4.69, 9.17) is 23.2 Å². The zero-order valence-electron chi connectivity index (χ0n) is 10.8. The molecule has 1 fully saturated rings. The van der Waals surface area contributed by atoms with Crippen LogP contribution in [0, 0.1) is 0 Å². The van der Waals surface area contributed by atoms with E-state index in [1.165, 1.54) is 5.01 Å². The predicted octanol–water partition coefficient (Wildman–Crippen LogP) is 3.44. The molecule has 3 rings (SSSR count). The Kier molecular flexibility index (Phi) is 3.57. The number of benzene rings is 2. The van der Waals surface area contributed by atoms with Gasteiger partial charge in [-0.3, -0.25) is 10.2 Å². The molecule has 1 heterocycles. The SMILES string of the molecule is O=C1N(c2ccccc2)NC(=Nc2ccccc2)C1(Cl)Cl. The quantitative estimate of drug-likeness (QED) is 0.862. The third-order valence-corrected chi connectivity index (χ3v) is 3.68. The van der Waals surface area contributed by atoms with Gasteiger partial charge in [0.2, 0.25) is 0 Å². The number of anilines is 1. The summed E-state index contributed by atoms with van der Waals surface area (Å²) in [6.45, 7) is 0. The van der Waals surface area contributed by atoms with Gasteiger partial charge in [-0.1, -0.05) is 59.6 Å². The number of rotatable bonds is 2. The highest BCUT2D eigenvalue weighted by atomic mass is 35.5. The van der Waals surface area contributed by atoms with Crippen LogP contribution in [0.2, 0.25) is 0 Å². The minimum absolute atomic E-state index is 0.186. The highest BCUT2D eigenvalue weighted by Gasteiger charge is 2.50. The third-order valence-electron chi connectivity index (χ3n) is 3.00. The Morgan fingerprint density at radius 1 is 0.952 bits per heavy atom. The van der Waals surface area contributed by atoms with Gasteiger partial charge in [0.05, 0.1) is 11.4 Å². The maximum Gasteiger partial charge on any atom is 0.290 e. The highest BCUT2D eigenvalue weighted by molar-refractivity contribution is 6.70. The Hall–Kier alpha value is -2.04. The Bertz CT molecular complexity index is 687. The van der Waals surface area contributed by atoms with Crippen molar-refractivity contribution in [3.8, 4) is 0 Å². The van der Waals surface area contributed by atoms with E-state index >= 15 is 0 Å². The Morgan fingerprint density at radius 3 is 2.14 bits per heavy atom. The van der Waals surface area contributed by atoms with Gasteiger partial charge in [-0.05, 0) is 24.3 Å². The van der Waals surface area contributed by atoms with Crippen molar-refractivity contribution in [2.75, 3.05) is 5.01 Å². The number of aliphatic imine (C=N–C) groups is 1. The van der Waals surface area contributed by atoms with Crippen LogP contribution in [0.15, 0.2) is 65.7 Å². The second-order valence-electron chi connectivity index (χ2n) is 4.46. The third kappa shape index (κ3) is 2.60. The normalized spacial score (nSPS) is 18.9. The number of carbonyl (C=O) groups is 1. The Morgan fingerprint density at radius 2 is 1.52 bits per heavy atom. The first-order chi connectivity index (χ1) is 10.1. The molecule has 0 spiro atoms. The number of amidine groups is 1. The number of alkyl halides is 2. The molecule has 0 bridgehead atoms. The van der Waals surface area contributed by atoms with Crippen LogP contribution in [-0.4, -0.2) is 16.1 Å². The summed E-state index contributed by atoms with van der Waals surface area (Å²) in [6.07, 6.45) is 0. The van der Waals surface area contributed by atoms with E-state index in [9.17, 15) is 4.79 Å². The molecule has 0 saturated carbocycles. The van der Waals surface area contributed by atoms with E-state index in [0.717, 1.165) is 0 Å². The molecule has 0 unspecified atom stereocenters. The van der Waals surface area contributed by atoms with E-state index in [0.29, 0.717) is 11.4 Å². The van der Waals surface area contributed by atoms with Crippen molar-refractivity contribution in [1.82, 2.24) is 5.43 Å². The van der Waals surface area contributed by atoms with Crippen LogP contribution in [0.3, 0.4) is 0 Å². The van der Waals surface area contributed by atoms with Crippen LogP contribution in [0.5, 0.6) is 0 Å². The van der Waals surface area contributed by atoms with Crippen molar-refractivity contribution in [2.45, 2.75) is 4.33 Å². The molecule has 21 heavy (non-hydrogen) atoms. The maximum atomic E-state index is 12.3. The number of amides is 1. The lowest BCUT2D eigenvalue weighted by molar-refractivity contribution is -0.117. The number of hydrazine groups is 1. The average Bonchev–Trinajstić information content (AvgIpc) is 2.73. The number of nitrogens with zero attached hydrogens (tertiary/aromatic N) is 2. The smallest absolute Gasteiger partial charge is 0.275 e. The van der Waals surface area contributed by atoms with E-state index in [-0.39, 0.29) is 5.84 Å². The van der Waals surface area contributed by atoms with Crippen LogP contribution in [0.25, 0.3) is 0 Å². The van der Waals surface area contributed by atoms with E-state index in [2.05, 4.69) is 10.4 Å². The molecule has 106 valence electrons. The summed E-state index contributed by atoms with van der Waals surface area (Å²) in [5, 5.41) is 1.29. The van der Waals surface area contributed by atoms with Gasteiger partial charge in [0.15, 0.2) is 5.84 Å². The topological polar surface area (TPSA) is 44.7 Å². The number of carbonyl (C=O) groups excluding carboxylic acids is 1. The zero-order chi connectivity index (χ0) is 14.9. The first-order valence-corrected chi connectivity index (χ1v) is 7.03. The summed E-state index contributed by atoms with van der Waals surface area (Å²) in [5.74, 6) is -0.294. The molecule has 0 radical (unpaired) electrons. The number of halogens is 2. The molecule has 0 atom stereocenters. The van der Waals surface area contributed by atoms with E-state index in [1.807, 2.05) is 36.4 Å². The first kappa shape index (κ1) is 13.9. The molecule has 1 N–H and O–H groups in total. The molecular formula is C15H11Cl2N3O. The largest absolute Gasteiger partial charge is 0.290 e. The summed E-state index contributed by atoms with van der Waals surface area (Å²) >= 11 is 12.3. The van der Waals surface area contributed by atoms with Crippen molar-refractivity contribution < 1.29 is 4.79 Å². The molecule has 0 aromatic heterocycles. The molecule has 0 aliphatic carbocycles. The van der Waals surface area contributed by atoms with Gasteiger partial charge in [0.1, 0.15) is 0 Å². The van der Waals surface area contributed by atoms with Crippen LogP contribution in [0.1, 0.15) is 0 Å². The maximum absolute atomic E-state index is 12.3. The van der Waals surface area contributed by atoms with Gasteiger partial charge in [0, 0.05) is 0 Å². The van der Waals surface area contributed by atoms with Crippen LogP contribution >= 0.6 is 23.2 Å². The summed E-state index contributed by atoms with van der Waals surface area (Å²) in [4.78, 5) is 16.7. The Balaban J connectivity index is 1.97. The molecule has 4 nitrogen and oxygen atoms in total. The minimum atomic E-state index is -1.73. The lowest BCUT2D eigenvalue weighted by Crippen LogP contribution is -2.36. The average molecular weight is 320 g/mol. The molecule has 6 heteroatoms. The number of nitrogens with one attached hydrogen (secondary N) is 1. The van der Waals surface area contributed by atoms with Crippen LogP contribution in [0.4, 0.5) is 11.4 Å². The van der Waals surface area contributed by atoms with Crippen LogP contribution < -0.4 is 10.4 Å². The van der Waals surface area contributed by atoms with Gasteiger partial charge < -0.3 is 0 Å². The lowest BCUT2D eigenvalue weighted by Gasteiger charge is -2.15. The van der Waals surface area contributed by atoms with E-state index < -0.39 is 10.2 Å². The van der Waals surface area contributed by atoms with Gasteiger partial charge in [-0.15, -0.1) is 0 Å². The van der Waals surface area contributed by atoms with Crippen molar-refractivity contribution in [2.24, 2.45) is 4.99 Å². The monoisotopic (exact) mass is 319 g/mol. The molecule has 1 aliphatic heterocycles. The summed E-state index contributed by atoms with van der Waals surface area (Å²) in [5.41, 5.74) is 4.17. The molecule has 1 amide bonds. The first-order valence-electron chi connectivity index (χ1n) is 6.27. The number of hydrogen-bond donors (Lipinski definition) is 1. The molecule has 2 aromatic carbocycles. The number of para-hydroxylation sites is 2. The van der Waals surface area contributed by atoms with Crippen molar-refractivity contribution in [3.05, 3.63) is 60.7 Å². The second-order valence-corrected chi connectivity index (χ2v) is 5.79. The van der Waals surface area contributed by atoms with E-state index in [1.54, 1.807) is 24.3 Å². The lowest BCUT2D eigenvalue weighted by atomic mass is 10.3. The zero-order valence-corrected chi connectivity index (χ0v) is 12.3. The minimum Gasteiger partial charge on any atom is -0.275 e. The molecule has 2 aromatic rings. The summed E-state index contributed by atoms with van der Waals surface area (Å²) < 4.78 is -1.73. The van der Waals surface area contributed by atoms with Gasteiger partial charge in [0.25, 0.3) is 10.2 Å². The van der Waals surface area contributed by atoms with Crippen LogP contribution in [-0.2, 0) is 4.79 Å². The fourth-order valence-electron chi connectivity index (χ4n) is 1.95. The highest BCUT2D eigenvalue weighted by Crippen LogP contribution is 2.33. The summed E-state index contributed by atoms with van der Waals surface area (Å²) in [7, 11) is 0. The number of hydrogen-bond acceptors (Lipinski definition) is 2. The molecular weight excluding hydrogens is 309 g/mol. The summed E-state index contributed by atoms with van der Waals surface area (Å²) in [6, 6.07) is 18.2. The fourth-order valence-corrected chi connectivity index (χ4v) is 2.29. The standard InChI is InChI=1S/C15H11Cl2N3O/c16-15(17)13(18-11-7-3-1-4-8-11)19-20(14(15)21)12-9-5-2-6-10-12/h1-10H,(H,18,19). The van der Waals surface area contributed by atoms with Crippen molar-refractivity contribution >= 4 is 46.3 Å². The van der Waals surface area contributed by atoms with Gasteiger partial charge >= 0.3 is 0 Å². The predicted molar refractivity (Wildman–Crippen MR) is 85.0 cm³/mol. The molecule has 1 aliphatic rings. The van der Waals surface area contributed by atoms with Crippen molar-refractivity contribution in [3.63, 3.8) is 0 Å². The molecule has 1 saturated heterocycles.